The van der Waals surface area contributed by atoms with Gasteiger partial charge in [0.2, 0.25) is 5.91 Å². The van der Waals surface area contributed by atoms with Crippen LogP contribution in [0.1, 0.15) is 32.6 Å². The number of hydrogen-bond acceptors (Lipinski definition) is 3. The van der Waals surface area contributed by atoms with Gasteiger partial charge in [0.1, 0.15) is 0 Å². The predicted octanol–water partition coefficient (Wildman–Crippen LogP) is 1.60. The number of carbonyl (C=O) groups excluding carboxylic acids is 1. The van der Waals surface area contributed by atoms with Crippen molar-refractivity contribution in [2.24, 2.45) is 17.8 Å². The first-order chi connectivity index (χ1) is 9.63. The Hall–Kier alpha value is -0.320. The Bertz CT molecular complexity index is 345. The molecular formula is C16H30ClN3O. The van der Waals surface area contributed by atoms with Crippen LogP contribution in [-0.4, -0.2) is 61.5 Å². The highest BCUT2D eigenvalue weighted by molar-refractivity contribution is 5.85. The lowest BCUT2D eigenvalue weighted by molar-refractivity contribution is -0.133. The number of nitrogens with zero attached hydrogens (tertiary/aromatic N) is 2. The maximum Gasteiger partial charge on any atom is 0.236 e. The maximum atomic E-state index is 12.5. The van der Waals surface area contributed by atoms with Crippen LogP contribution in [0.3, 0.4) is 0 Å². The van der Waals surface area contributed by atoms with E-state index in [0.717, 1.165) is 43.9 Å². The molecule has 0 aromatic heterocycles. The molecule has 0 aromatic carbocycles. The van der Waals surface area contributed by atoms with Gasteiger partial charge in [0.25, 0.3) is 0 Å². The molecule has 3 aliphatic rings. The fraction of sp³-hybridized carbons (Fsp3) is 0.938. The Kier molecular flexibility index (Phi) is 5.92. The standard InChI is InChI=1S/C16H29N3O.ClH/c1-12-3-5-15(6-4-12)18(2)16(20)11-19-9-13-7-17-8-14(13)10-19;/h12-15,17H,3-11H2,1-2H3;1H/t12?,13-,14+,15?;. The third kappa shape index (κ3) is 3.91. The minimum atomic E-state index is 0. The van der Waals surface area contributed by atoms with Crippen LogP contribution in [0.2, 0.25) is 0 Å². The lowest BCUT2D eigenvalue weighted by Crippen LogP contribution is -2.44. The summed E-state index contributed by atoms with van der Waals surface area (Å²) in [7, 11) is 2.02. The molecule has 0 radical (unpaired) electrons. The van der Waals surface area contributed by atoms with Crippen molar-refractivity contribution in [2.75, 3.05) is 39.8 Å². The molecule has 4 nitrogen and oxygen atoms in total. The Morgan fingerprint density at radius 2 is 1.71 bits per heavy atom. The minimum Gasteiger partial charge on any atom is -0.342 e. The van der Waals surface area contributed by atoms with E-state index >= 15 is 0 Å². The summed E-state index contributed by atoms with van der Waals surface area (Å²) in [5.41, 5.74) is 0. The lowest BCUT2D eigenvalue weighted by Gasteiger charge is -2.34. The van der Waals surface area contributed by atoms with Crippen LogP contribution in [0.15, 0.2) is 0 Å². The first-order valence-electron chi connectivity index (χ1n) is 8.32. The number of halogens is 1. The zero-order chi connectivity index (χ0) is 14.1. The molecule has 1 aliphatic carbocycles. The summed E-state index contributed by atoms with van der Waals surface area (Å²) in [5, 5.41) is 3.45. The van der Waals surface area contributed by atoms with Crippen LogP contribution in [0.4, 0.5) is 0 Å². The van der Waals surface area contributed by atoms with Crippen molar-refractivity contribution in [3.63, 3.8) is 0 Å². The van der Waals surface area contributed by atoms with Gasteiger partial charge in [-0.25, -0.2) is 0 Å². The van der Waals surface area contributed by atoms with Crippen LogP contribution in [0, 0.1) is 17.8 Å². The quantitative estimate of drug-likeness (QED) is 0.859. The number of likely N-dealkylation sites (N-methyl/N-ethyl adjacent to an activating group) is 1. The van der Waals surface area contributed by atoms with Crippen molar-refractivity contribution in [3.8, 4) is 0 Å². The Morgan fingerprint density at radius 3 is 2.29 bits per heavy atom. The van der Waals surface area contributed by atoms with Gasteiger partial charge < -0.3 is 10.2 Å². The molecule has 1 N–H and O–H groups in total. The second-order valence-corrected chi connectivity index (χ2v) is 7.29. The van der Waals surface area contributed by atoms with Crippen LogP contribution in [-0.2, 0) is 4.79 Å². The molecule has 2 atom stereocenters. The van der Waals surface area contributed by atoms with Gasteiger partial charge in [-0.1, -0.05) is 6.92 Å². The van der Waals surface area contributed by atoms with Crippen LogP contribution >= 0.6 is 12.4 Å². The second-order valence-electron chi connectivity index (χ2n) is 7.29. The van der Waals surface area contributed by atoms with Gasteiger partial charge in [-0.05, 0) is 56.5 Å². The summed E-state index contributed by atoms with van der Waals surface area (Å²) in [4.78, 5) is 16.9. The van der Waals surface area contributed by atoms with Crippen molar-refractivity contribution >= 4 is 18.3 Å². The molecule has 0 bridgehead atoms. The zero-order valence-electron chi connectivity index (χ0n) is 13.4. The van der Waals surface area contributed by atoms with Gasteiger partial charge in [0.15, 0.2) is 0 Å². The van der Waals surface area contributed by atoms with E-state index in [4.69, 9.17) is 0 Å². The number of hydrogen-bond donors (Lipinski definition) is 1. The normalized spacial score (nSPS) is 36.1. The molecule has 1 amide bonds. The van der Waals surface area contributed by atoms with Crippen molar-refractivity contribution in [2.45, 2.75) is 38.6 Å². The van der Waals surface area contributed by atoms with E-state index in [1.807, 2.05) is 11.9 Å². The summed E-state index contributed by atoms with van der Waals surface area (Å²) in [6.45, 7) is 7.47. The summed E-state index contributed by atoms with van der Waals surface area (Å²) in [6, 6.07) is 0.488. The molecule has 122 valence electrons. The molecule has 21 heavy (non-hydrogen) atoms. The van der Waals surface area contributed by atoms with Gasteiger partial charge in [0.05, 0.1) is 6.54 Å². The third-order valence-corrected chi connectivity index (χ3v) is 5.75. The van der Waals surface area contributed by atoms with Gasteiger partial charge in [-0.2, -0.15) is 0 Å². The van der Waals surface area contributed by atoms with E-state index in [-0.39, 0.29) is 12.4 Å². The summed E-state index contributed by atoms with van der Waals surface area (Å²) in [5.74, 6) is 2.74. The fourth-order valence-electron chi connectivity index (χ4n) is 4.22. The molecule has 3 fully saturated rings. The van der Waals surface area contributed by atoms with Crippen molar-refractivity contribution in [1.82, 2.24) is 15.1 Å². The van der Waals surface area contributed by atoms with Crippen molar-refractivity contribution in [1.29, 1.82) is 0 Å². The molecule has 0 spiro atoms. The van der Waals surface area contributed by atoms with Gasteiger partial charge in [-0.3, -0.25) is 9.69 Å². The van der Waals surface area contributed by atoms with Gasteiger partial charge in [0, 0.05) is 26.2 Å². The monoisotopic (exact) mass is 315 g/mol. The third-order valence-electron chi connectivity index (χ3n) is 5.75. The molecule has 2 heterocycles. The number of amides is 1. The molecule has 2 aliphatic heterocycles. The first-order valence-corrected chi connectivity index (χ1v) is 8.32. The van der Waals surface area contributed by atoms with E-state index in [2.05, 4.69) is 17.1 Å². The van der Waals surface area contributed by atoms with Gasteiger partial charge in [-0.15, -0.1) is 12.4 Å². The molecule has 5 heteroatoms. The highest BCUT2D eigenvalue weighted by Crippen LogP contribution is 2.28. The average molecular weight is 316 g/mol. The minimum absolute atomic E-state index is 0. The van der Waals surface area contributed by atoms with Crippen molar-refractivity contribution in [3.05, 3.63) is 0 Å². The molecule has 0 aromatic rings. The summed E-state index contributed by atoms with van der Waals surface area (Å²) in [6.07, 6.45) is 4.95. The van der Waals surface area contributed by atoms with E-state index < -0.39 is 0 Å². The lowest BCUT2D eigenvalue weighted by atomic mass is 9.87. The Balaban J connectivity index is 0.00000161. The fourth-order valence-corrected chi connectivity index (χ4v) is 4.22. The first kappa shape index (κ1) is 17.0. The molecular weight excluding hydrogens is 286 g/mol. The maximum absolute atomic E-state index is 12.5. The predicted molar refractivity (Wildman–Crippen MR) is 87.7 cm³/mol. The average Bonchev–Trinajstić information content (AvgIpc) is 2.99. The smallest absolute Gasteiger partial charge is 0.236 e. The summed E-state index contributed by atoms with van der Waals surface area (Å²) < 4.78 is 0. The van der Waals surface area contributed by atoms with Crippen LogP contribution < -0.4 is 5.32 Å². The highest BCUT2D eigenvalue weighted by Gasteiger charge is 2.37. The van der Waals surface area contributed by atoms with Crippen LogP contribution in [0.5, 0.6) is 0 Å². The van der Waals surface area contributed by atoms with E-state index in [9.17, 15) is 4.79 Å². The highest BCUT2D eigenvalue weighted by atomic mass is 35.5. The second kappa shape index (κ2) is 7.30. The van der Waals surface area contributed by atoms with Crippen LogP contribution in [0.25, 0.3) is 0 Å². The van der Waals surface area contributed by atoms with E-state index in [1.165, 1.54) is 25.7 Å². The van der Waals surface area contributed by atoms with Gasteiger partial charge >= 0.3 is 0 Å². The summed E-state index contributed by atoms with van der Waals surface area (Å²) >= 11 is 0. The Labute approximate surface area is 135 Å². The number of fused-ring (bicyclic) bond motifs is 1. The molecule has 3 rings (SSSR count). The number of likely N-dealkylation sites (tertiary alicyclic amines) is 1. The zero-order valence-corrected chi connectivity index (χ0v) is 14.2. The topological polar surface area (TPSA) is 35.6 Å². The SMILES string of the molecule is CC1CCC(N(C)C(=O)CN2C[C@H]3CNC[C@H]3C2)CC1.Cl. The van der Waals surface area contributed by atoms with Crippen molar-refractivity contribution < 1.29 is 4.79 Å². The molecule has 0 unspecified atom stereocenters. The number of nitrogens with one attached hydrogen (secondary N) is 1. The molecule has 2 saturated heterocycles. The van der Waals surface area contributed by atoms with E-state index in [1.54, 1.807) is 0 Å². The largest absolute Gasteiger partial charge is 0.342 e. The molecule has 1 saturated carbocycles. The number of rotatable bonds is 3. The number of carbonyl (C=O) groups is 1. The van der Waals surface area contributed by atoms with E-state index in [0.29, 0.717) is 18.5 Å². The Morgan fingerprint density at radius 1 is 1.14 bits per heavy atom.